The number of ether oxygens (including phenoxy) is 1. The molecule has 1 aromatic heterocycles. The summed E-state index contributed by atoms with van der Waals surface area (Å²) in [6.07, 6.45) is 9.97. The van der Waals surface area contributed by atoms with E-state index in [0.717, 1.165) is 11.1 Å². The first kappa shape index (κ1) is 19.8. The van der Waals surface area contributed by atoms with Crippen molar-refractivity contribution in [2.75, 3.05) is 6.61 Å². The molecule has 2 aromatic rings. The highest BCUT2D eigenvalue weighted by Gasteiger charge is 2.23. The standard InChI is InChI=1S/C20H23Cl2N3O2/c1-13(24-14(2)26)3-4-16-9-23-25(10-16)11-17-7-8-18(20(22)19(17)21)27-12-15-5-6-15/h3-4,7-10,13,15H,5-6,11-12H2,1-2H3,(H,24,26)/b4-3+/t13-/m0/s1. The van der Waals surface area contributed by atoms with Gasteiger partial charge in [-0.25, -0.2) is 0 Å². The van der Waals surface area contributed by atoms with Gasteiger partial charge in [0.15, 0.2) is 0 Å². The summed E-state index contributed by atoms with van der Waals surface area (Å²) in [6, 6.07) is 3.75. The van der Waals surface area contributed by atoms with Crippen LogP contribution in [0.5, 0.6) is 5.75 Å². The van der Waals surface area contributed by atoms with Crippen LogP contribution < -0.4 is 10.1 Å². The van der Waals surface area contributed by atoms with Crippen LogP contribution in [0.1, 0.15) is 37.8 Å². The maximum absolute atomic E-state index is 11.0. The summed E-state index contributed by atoms with van der Waals surface area (Å²) in [5.41, 5.74) is 1.82. The zero-order valence-corrected chi connectivity index (χ0v) is 16.9. The predicted octanol–water partition coefficient (Wildman–Crippen LogP) is 4.56. The van der Waals surface area contributed by atoms with Crippen LogP contribution in [0.15, 0.2) is 30.6 Å². The molecule has 1 atom stereocenters. The first-order chi connectivity index (χ1) is 12.9. The van der Waals surface area contributed by atoms with E-state index in [2.05, 4.69) is 10.4 Å². The SMILES string of the molecule is CC(=O)N[C@@H](C)/C=C/c1cnn(Cc2ccc(OCC3CC3)c(Cl)c2Cl)c1. The van der Waals surface area contributed by atoms with E-state index in [1.165, 1.54) is 19.8 Å². The van der Waals surface area contributed by atoms with Gasteiger partial charge in [0.05, 0.1) is 24.4 Å². The van der Waals surface area contributed by atoms with E-state index < -0.39 is 0 Å². The van der Waals surface area contributed by atoms with Gasteiger partial charge >= 0.3 is 0 Å². The van der Waals surface area contributed by atoms with Crippen LogP contribution in [0.4, 0.5) is 0 Å². The Kier molecular flexibility index (Phi) is 6.45. The number of carbonyl (C=O) groups excluding carboxylic acids is 1. The molecule has 1 fully saturated rings. The fourth-order valence-corrected chi connectivity index (χ4v) is 3.10. The van der Waals surface area contributed by atoms with Gasteiger partial charge < -0.3 is 10.1 Å². The summed E-state index contributed by atoms with van der Waals surface area (Å²) in [5, 5.41) is 8.11. The molecule has 0 spiro atoms. The molecule has 0 unspecified atom stereocenters. The average molecular weight is 408 g/mol. The highest BCUT2D eigenvalue weighted by atomic mass is 35.5. The minimum absolute atomic E-state index is 0.0396. The minimum Gasteiger partial charge on any atom is -0.492 e. The van der Waals surface area contributed by atoms with Crippen molar-refractivity contribution < 1.29 is 9.53 Å². The van der Waals surface area contributed by atoms with Gasteiger partial charge in [0.1, 0.15) is 10.8 Å². The van der Waals surface area contributed by atoms with Gasteiger partial charge in [-0.05, 0) is 37.3 Å². The summed E-state index contributed by atoms with van der Waals surface area (Å²) in [7, 11) is 0. The largest absolute Gasteiger partial charge is 0.492 e. The van der Waals surface area contributed by atoms with Crippen LogP contribution in [-0.4, -0.2) is 28.3 Å². The number of rotatable bonds is 8. The second-order valence-electron chi connectivity index (χ2n) is 6.92. The molecule has 0 bridgehead atoms. The normalized spacial score (nSPS) is 15.1. The summed E-state index contributed by atoms with van der Waals surface area (Å²) in [4.78, 5) is 11.0. The van der Waals surface area contributed by atoms with E-state index in [1.807, 2.05) is 37.4 Å². The Bertz CT molecular complexity index is 844. The molecule has 0 radical (unpaired) electrons. The molecule has 27 heavy (non-hydrogen) atoms. The summed E-state index contributed by atoms with van der Waals surface area (Å²) in [5.74, 6) is 1.23. The second kappa shape index (κ2) is 8.81. The maximum Gasteiger partial charge on any atom is 0.217 e. The molecule has 0 aliphatic heterocycles. The van der Waals surface area contributed by atoms with Crippen molar-refractivity contribution in [2.45, 2.75) is 39.3 Å². The molecule has 1 aliphatic rings. The van der Waals surface area contributed by atoms with Crippen molar-refractivity contribution in [3.8, 4) is 5.75 Å². The Hall–Kier alpha value is -1.98. The van der Waals surface area contributed by atoms with Crippen molar-refractivity contribution >= 4 is 35.2 Å². The number of amides is 1. The highest BCUT2D eigenvalue weighted by Crippen LogP contribution is 2.37. The van der Waals surface area contributed by atoms with Crippen LogP contribution in [0.3, 0.4) is 0 Å². The van der Waals surface area contributed by atoms with Crippen LogP contribution >= 0.6 is 23.2 Å². The number of aromatic nitrogens is 2. The fraction of sp³-hybridized carbons (Fsp3) is 0.400. The number of carbonyl (C=O) groups is 1. The third-order valence-electron chi connectivity index (χ3n) is 4.29. The molecule has 1 aromatic carbocycles. The molecule has 5 nitrogen and oxygen atoms in total. The lowest BCUT2D eigenvalue weighted by molar-refractivity contribution is -0.119. The van der Waals surface area contributed by atoms with Crippen LogP contribution in [0.2, 0.25) is 10.0 Å². The number of benzene rings is 1. The van der Waals surface area contributed by atoms with Crippen molar-refractivity contribution in [2.24, 2.45) is 5.92 Å². The molecule has 1 aliphatic carbocycles. The van der Waals surface area contributed by atoms with Gasteiger partial charge in [0, 0.05) is 24.7 Å². The Morgan fingerprint density at radius 2 is 2.19 bits per heavy atom. The predicted molar refractivity (Wildman–Crippen MR) is 108 cm³/mol. The first-order valence-electron chi connectivity index (χ1n) is 9.00. The van der Waals surface area contributed by atoms with Gasteiger partial charge in [-0.15, -0.1) is 0 Å². The molecule has 1 N–H and O–H groups in total. The molecule has 1 heterocycles. The number of hydrogen-bond acceptors (Lipinski definition) is 3. The summed E-state index contributed by atoms with van der Waals surface area (Å²) in [6.45, 7) is 4.62. The van der Waals surface area contributed by atoms with Crippen LogP contribution in [0.25, 0.3) is 6.08 Å². The van der Waals surface area contributed by atoms with E-state index in [9.17, 15) is 4.79 Å². The first-order valence-corrected chi connectivity index (χ1v) is 9.75. The molecular weight excluding hydrogens is 385 g/mol. The van der Waals surface area contributed by atoms with Gasteiger partial charge in [-0.1, -0.05) is 41.4 Å². The van der Waals surface area contributed by atoms with Gasteiger partial charge in [-0.2, -0.15) is 5.10 Å². The number of nitrogens with zero attached hydrogens (tertiary/aromatic N) is 2. The lowest BCUT2D eigenvalue weighted by Crippen LogP contribution is -2.28. The third kappa shape index (κ3) is 5.75. The maximum atomic E-state index is 11.0. The summed E-state index contributed by atoms with van der Waals surface area (Å²) >= 11 is 12.8. The second-order valence-corrected chi connectivity index (χ2v) is 7.68. The van der Waals surface area contributed by atoms with Crippen LogP contribution in [0, 0.1) is 5.92 Å². The molecule has 1 saturated carbocycles. The van der Waals surface area contributed by atoms with Crippen LogP contribution in [-0.2, 0) is 11.3 Å². The number of halogens is 2. The summed E-state index contributed by atoms with van der Waals surface area (Å²) < 4.78 is 7.55. The molecule has 7 heteroatoms. The van der Waals surface area contributed by atoms with E-state index >= 15 is 0 Å². The smallest absolute Gasteiger partial charge is 0.217 e. The van der Waals surface area contributed by atoms with Crippen molar-refractivity contribution in [3.63, 3.8) is 0 Å². The minimum atomic E-state index is -0.0566. The van der Waals surface area contributed by atoms with E-state index in [0.29, 0.717) is 34.9 Å². The quantitative estimate of drug-likeness (QED) is 0.697. The van der Waals surface area contributed by atoms with E-state index in [4.69, 9.17) is 27.9 Å². The molecule has 144 valence electrons. The molecule has 1 amide bonds. The zero-order chi connectivity index (χ0) is 19.4. The van der Waals surface area contributed by atoms with Crippen molar-refractivity contribution in [1.82, 2.24) is 15.1 Å². The Balaban J connectivity index is 1.63. The molecule has 0 saturated heterocycles. The van der Waals surface area contributed by atoms with E-state index in [-0.39, 0.29) is 11.9 Å². The Morgan fingerprint density at radius 3 is 2.89 bits per heavy atom. The third-order valence-corrected chi connectivity index (χ3v) is 5.20. The molecule has 3 rings (SSSR count). The van der Waals surface area contributed by atoms with Crippen molar-refractivity contribution in [3.05, 3.63) is 51.8 Å². The highest BCUT2D eigenvalue weighted by molar-refractivity contribution is 6.43. The van der Waals surface area contributed by atoms with Crippen molar-refractivity contribution in [1.29, 1.82) is 0 Å². The topological polar surface area (TPSA) is 56.2 Å². The number of nitrogens with one attached hydrogen (secondary N) is 1. The lowest BCUT2D eigenvalue weighted by Gasteiger charge is -2.12. The zero-order valence-electron chi connectivity index (χ0n) is 15.4. The number of hydrogen-bond donors (Lipinski definition) is 1. The molecular formula is C20H23Cl2N3O2. The van der Waals surface area contributed by atoms with Gasteiger partial charge in [-0.3, -0.25) is 9.48 Å². The lowest BCUT2D eigenvalue weighted by atomic mass is 10.2. The Morgan fingerprint density at radius 1 is 1.41 bits per heavy atom. The fourth-order valence-electron chi connectivity index (χ4n) is 2.65. The van der Waals surface area contributed by atoms with E-state index in [1.54, 1.807) is 10.9 Å². The van der Waals surface area contributed by atoms with Gasteiger partial charge in [0.2, 0.25) is 5.91 Å². The monoisotopic (exact) mass is 407 g/mol. The Labute approximate surface area is 169 Å². The van der Waals surface area contributed by atoms with Gasteiger partial charge in [0.25, 0.3) is 0 Å². The average Bonchev–Trinajstić information content (AvgIpc) is 3.34.